The lowest BCUT2D eigenvalue weighted by atomic mass is 9.99. The van der Waals surface area contributed by atoms with Gasteiger partial charge >= 0.3 is 12.2 Å². The van der Waals surface area contributed by atoms with Gasteiger partial charge in [-0.3, -0.25) is 0 Å². The molecule has 1 N–H and O–H groups in total. The molecule has 0 spiro atoms. The van der Waals surface area contributed by atoms with Crippen LogP contribution in [0.25, 0.3) is 0 Å². The molecule has 1 aromatic rings. The van der Waals surface area contributed by atoms with Gasteiger partial charge in [-0.15, -0.1) is 0 Å². The maximum atomic E-state index is 12.3. The fourth-order valence-corrected chi connectivity index (χ4v) is 2.76. The van der Waals surface area contributed by atoms with E-state index >= 15 is 0 Å². The number of urea groups is 1. The molecule has 1 heterocycles. The van der Waals surface area contributed by atoms with Crippen LogP contribution in [-0.4, -0.2) is 43.9 Å². The number of halogens is 3. The Labute approximate surface area is 133 Å². The van der Waals surface area contributed by atoms with E-state index in [1.54, 1.807) is 12.0 Å². The van der Waals surface area contributed by atoms with Crippen LogP contribution in [0.5, 0.6) is 0 Å². The number of carbonyl (C=O) groups is 1. The van der Waals surface area contributed by atoms with Crippen molar-refractivity contribution in [2.75, 3.05) is 32.1 Å². The normalized spacial score (nSPS) is 18.8. The van der Waals surface area contributed by atoms with Crippen molar-refractivity contribution in [1.29, 1.82) is 0 Å². The number of hydrogen-bond acceptors (Lipinski definition) is 2. The van der Waals surface area contributed by atoms with Crippen LogP contribution in [0.4, 0.5) is 23.7 Å². The number of hydrogen-bond donors (Lipinski definition) is 1. The third-order valence-electron chi connectivity index (χ3n) is 3.82. The van der Waals surface area contributed by atoms with E-state index in [1.165, 1.54) is 24.3 Å². The maximum absolute atomic E-state index is 12.3. The monoisotopic (exact) mass is 330 g/mol. The molecule has 2 amide bonds. The first-order valence-electron chi connectivity index (χ1n) is 7.58. The number of benzene rings is 1. The van der Waals surface area contributed by atoms with Crippen LogP contribution in [0, 0.1) is 5.92 Å². The average molecular weight is 330 g/mol. The van der Waals surface area contributed by atoms with Crippen molar-refractivity contribution in [2.45, 2.75) is 25.4 Å². The number of ether oxygens (including phenoxy) is 1. The van der Waals surface area contributed by atoms with E-state index in [-0.39, 0.29) is 11.6 Å². The zero-order valence-electron chi connectivity index (χ0n) is 13.0. The molecule has 1 atom stereocenters. The van der Waals surface area contributed by atoms with Gasteiger partial charge in [0.05, 0.1) is 13.0 Å². The predicted octanol–water partition coefficient (Wildman–Crippen LogP) is 3.68. The van der Waals surface area contributed by atoms with E-state index in [9.17, 15) is 18.0 Å². The highest BCUT2D eigenvalue weighted by Gasteiger charge is 2.27. The van der Waals surface area contributed by atoms with Crippen LogP contribution >= 0.6 is 0 Å². The highest BCUT2D eigenvalue weighted by molar-refractivity contribution is 5.89. The molecule has 1 aliphatic rings. The number of methoxy groups -OCH3 is 1. The van der Waals surface area contributed by atoms with E-state index in [4.69, 9.17) is 4.74 Å². The minimum atomic E-state index is -4.23. The van der Waals surface area contributed by atoms with Gasteiger partial charge in [0.1, 0.15) is 0 Å². The SMILES string of the molecule is COC[C@@H]1CCCN(C(=O)Nc2ccc(CC(F)(F)F)cc2)C1. The van der Waals surface area contributed by atoms with E-state index in [0.717, 1.165) is 12.8 Å². The number of rotatable bonds is 4. The van der Waals surface area contributed by atoms with E-state index in [1.807, 2.05) is 0 Å². The van der Waals surface area contributed by atoms with Crippen LogP contribution in [0.15, 0.2) is 24.3 Å². The topological polar surface area (TPSA) is 41.6 Å². The molecule has 1 aromatic carbocycles. The molecule has 128 valence electrons. The molecule has 0 bridgehead atoms. The van der Waals surface area contributed by atoms with Crippen molar-refractivity contribution in [3.63, 3.8) is 0 Å². The summed E-state index contributed by atoms with van der Waals surface area (Å²) < 4.78 is 42.1. The Kier molecular flexibility index (Phi) is 5.87. The van der Waals surface area contributed by atoms with Crippen LogP contribution in [0.3, 0.4) is 0 Å². The third kappa shape index (κ3) is 5.74. The Hall–Kier alpha value is -1.76. The molecule has 1 aliphatic heterocycles. The van der Waals surface area contributed by atoms with Gasteiger partial charge in [-0.05, 0) is 30.5 Å². The smallest absolute Gasteiger partial charge is 0.384 e. The zero-order chi connectivity index (χ0) is 16.9. The van der Waals surface area contributed by atoms with Crippen LogP contribution in [0.2, 0.25) is 0 Å². The number of alkyl halides is 3. The molecule has 1 fully saturated rings. The Balaban J connectivity index is 1.89. The number of likely N-dealkylation sites (tertiary alicyclic amines) is 1. The summed E-state index contributed by atoms with van der Waals surface area (Å²) in [7, 11) is 1.64. The van der Waals surface area contributed by atoms with E-state index in [0.29, 0.717) is 31.3 Å². The first-order chi connectivity index (χ1) is 10.9. The molecule has 0 radical (unpaired) electrons. The molecule has 0 saturated carbocycles. The summed E-state index contributed by atoms with van der Waals surface area (Å²) in [6.45, 7) is 1.93. The van der Waals surface area contributed by atoms with Gasteiger partial charge in [0.15, 0.2) is 0 Å². The molecule has 4 nitrogen and oxygen atoms in total. The van der Waals surface area contributed by atoms with Gasteiger partial charge in [0, 0.05) is 31.8 Å². The fraction of sp³-hybridized carbons (Fsp3) is 0.562. The molecule has 7 heteroatoms. The number of amides is 2. The van der Waals surface area contributed by atoms with Crippen LogP contribution < -0.4 is 5.32 Å². The van der Waals surface area contributed by atoms with Crippen molar-refractivity contribution < 1.29 is 22.7 Å². The van der Waals surface area contributed by atoms with Crippen LogP contribution in [0.1, 0.15) is 18.4 Å². The lowest BCUT2D eigenvalue weighted by Gasteiger charge is -2.32. The minimum absolute atomic E-state index is 0.175. The van der Waals surface area contributed by atoms with Gasteiger partial charge in [0.25, 0.3) is 0 Å². The average Bonchev–Trinajstić information content (AvgIpc) is 2.48. The Morgan fingerprint density at radius 2 is 2.04 bits per heavy atom. The Morgan fingerprint density at radius 3 is 2.65 bits per heavy atom. The van der Waals surface area contributed by atoms with Crippen molar-refractivity contribution >= 4 is 11.7 Å². The minimum Gasteiger partial charge on any atom is -0.384 e. The second kappa shape index (κ2) is 7.68. The molecular weight excluding hydrogens is 309 g/mol. The lowest BCUT2D eigenvalue weighted by Crippen LogP contribution is -2.43. The van der Waals surface area contributed by atoms with Gasteiger partial charge in [0.2, 0.25) is 0 Å². The first-order valence-corrected chi connectivity index (χ1v) is 7.58. The highest BCUT2D eigenvalue weighted by Crippen LogP contribution is 2.23. The summed E-state index contributed by atoms with van der Waals surface area (Å²) >= 11 is 0. The molecule has 0 aliphatic carbocycles. The van der Waals surface area contributed by atoms with Crippen molar-refractivity contribution in [2.24, 2.45) is 5.92 Å². The summed E-state index contributed by atoms with van der Waals surface area (Å²) in [5.74, 6) is 0.327. The second-order valence-corrected chi connectivity index (χ2v) is 5.83. The van der Waals surface area contributed by atoms with Gasteiger partial charge in [-0.2, -0.15) is 13.2 Å². The summed E-state index contributed by atoms with van der Waals surface area (Å²) in [5.41, 5.74) is 0.670. The Bertz CT molecular complexity index is 515. The quantitative estimate of drug-likeness (QED) is 0.915. The molecular formula is C16H21F3N2O2. The van der Waals surface area contributed by atoms with Crippen molar-refractivity contribution in [3.8, 4) is 0 Å². The number of nitrogens with zero attached hydrogens (tertiary/aromatic N) is 1. The summed E-state index contributed by atoms with van der Waals surface area (Å²) in [6, 6.07) is 5.53. The summed E-state index contributed by atoms with van der Waals surface area (Å²) in [6.07, 6.45) is -3.24. The van der Waals surface area contributed by atoms with Gasteiger partial charge < -0.3 is 15.0 Å². The molecule has 2 rings (SSSR count). The summed E-state index contributed by atoms with van der Waals surface area (Å²) in [5, 5.41) is 2.73. The van der Waals surface area contributed by atoms with E-state index in [2.05, 4.69) is 5.32 Å². The Morgan fingerprint density at radius 1 is 1.35 bits per heavy atom. The number of nitrogens with one attached hydrogen (secondary N) is 1. The molecule has 0 unspecified atom stereocenters. The second-order valence-electron chi connectivity index (χ2n) is 5.83. The number of carbonyl (C=O) groups excluding carboxylic acids is 1. The first kappa shape index (κ1) is 17.6. The van der Waals surface area contributed by atoms with Crippen molar-refractivity contribution in [1.82, 2.24) is 4.90 Å². The standard InChI is InChI=1S/C16H21F3N2O2/c1-23-11-13-3-2-8-21(10-13)15(22)20-14-6-4-12(5-7-14)9-16(17,18)19/h4-7,13H,2-3,8-11H2,1H3,(H,20,22)/t13-/m1/s1. The van der Waals surface area contributed by atoms with Crippen LogP contribution in [-0.2, 0) is 11.2 Å². The zero-order valence-corrected chi connectivity index (χ0v) is 13.0. The fourth-order valence-electron chi connectivity index (χ4n) is 2.76. The molecule has 1 saturated heterocycles. The van der Waals surface area contributed by atoms with Crippen molar-refractivity contribution in [3.05, 3.63) is 29.8 Å². The predicted molar refractivity (Wildman–Crippen MR) is 81.4 cm³/mol. The van der Waals surface area contributed by atoms with Gasteiger partial charge in [-0.1, -0.05) is 12.1 Å². The van der Waals surface area contributed by atoms with Gasteiger partial charge in [-0.25, -0.2) is 4.79 Å². The maximum Gasteiger partial charge on any atom is 0.393 e. The molecule has 23 heavy (non-hydrogen) atoms. The largest absolute Gasteiger partial charge is 0.393 e. The highest BCUT2D eigenvalue weighted by atomic mass is 19.4. The summed E-state index contributed by atoms with van der Waals surface area (Å²) in [4.78, 5) is 13.9. The third-order valence-corrected chi connectivity index (χ3v) is 3.82. The molecule has 0 aromatic heterocycles. The van der Waals surface area contributed by atoms with E-state index < -0.39 is 12.6 Å². The lowest BCUT2D eigenvalue weighted by molar-refractivity contribution is -0.127. The number of anilines is 1. The number of piperidine rings is 1.